The van der Waals surface area contributed by atoms with E-state index in [0.717, 1.165) is 51.0 Å². The zero-order valence-electron chi connectivity index (χ0n) is 49.0. The Morgan fingerprint density at radius 3 is 1.23 bits per heavy atom. The van der Waals surface area contributed by atoms with Gasteiger partial charge < -0.3 is 28.9 Å². The highest BCUT2D eigenvalue weighted by Crippen LogP contribution is 2.21. The van der Waals surface area contributed by atoms with E-state index in [4.69, 9.17) is 22.1 Å². The molecule has 0 aliphatic heterocycles. The maximum absolute atomic E-state index is 11.8. The van der Waals surface area contributed by atoms with Crippen molar-refractivity contribution in [3.8, 4) is 0 Å². The van der Waals surface area contributed by atoms with E-state index >= 15 is 0 Å². The molecule has 13 nitrogen and oxygen atoms in total. The van der Waals surface area contributed by atoms with E-state index in [9.17, 15) is 28.8 Å². The van der Waals surface area contributed by atoms with Gasteiger partial charge in [0.2, 0.25) is 0 Å². The number of esters is 3. The van der Waals surface area contributed by atoms with Gasteiger partial charge in [-0.05, 0) is 102 Å². The fourth-order valence-electron chi connectivity index (χ4n) is 7.04. The number of nitrogens with zero attached hydrogens (tertiary/aromatic N) is 3. The summed E-state index contributed by atoms with van der Waals surface area (Å²) in [5.74, 6) is -2.82. The number of ether oxygens (including phenoxy) is 3. The van der Waals surface area contributed by atoms with Crippen molar-refractivity contribution in [1.82, 2.24) is 15.0 Å². The fraction of sp³-hybridized carbons (Fsp3) is 0.284. The Balaban J connectivity index is 0.000000538. The average molecular weight is 1090 g/mol. The van der Waals surface area contributed by atoms with Gasteiger partial charge in [0.25, 0.3) is 0 Å². The lowest BCUT2D eigenvalue weighted by atomic mass is 9.96. The molecule has 0 aliphatic carbocycles. The number of aromatic nitrogens is 3. The molecule has 8 aromatic rings. The van der Waals surface area contributed by atoms with Crippen molar-refractivity contribution in [3.05, 3.63) is 238 Å². The van der Waals surface area contributed by atoms with E-state index in [2.05, 4.69) is 17.2 Å². The summed E-state index contributed by atoms with van der Waals surface area (Å²) < 4.78 is 31.7. The highest BCUT2D eigenvalue weighted by Gasteiger charge is 2.17. The lowest BCUT2D eigenvalue weighted by molar-refractivity contribution is -0.138. The van der Waals surface area contributed by atoms with Crippen LogP contribution >= 0.6 is 0 Å². The number of benzene rings is 7. The molecule has 0 bridgehead atoms. The number of fused-ring (bicyclic) bond motifs is 1. The molecule has 424 valence electrons. The Morgan fingerprint density at radius 1 is 0.512 bits per heavy atom. The molecule has 8 rings (SSSR count). The molecule has 0 saturated carbocycles. The first-order valence-corrected chi connectivity index (χ1v) is 26.7. The summed E-state index contributed by atoms with van der Waals surface area (Å²) in [6.07, 6.45) is 0.0471. The molecule has 1 aromatic heterocycles. The van der Waals surface area contributed by atoms with Gasteiger partial charge in [-0.3, -0.25) is 4.79 Å². The van der Waals surface area contributed by atoms with Crippen LogP contribution < -0.4 is 0 Å². The second-order valence-corrected chi connectivity index (χ2v) is 16.2. The maximum atomic E-state index is 11.8. The van der Waals surface area contributed by atoms with E-state index < -0.39 is 24.4 Å². The molecule has 0 spiro atoms. The van der Waals surface area contributed by atoms with Gasteiger partial charge in [0.05, 0.1) is 28.1 Å². The number of aryl methyl sites for hydroxylation is 1. The molecule has 0 saturated heterocycles. The van der Waals surface area contributed by atoms with Crippen LogP contribution in [0.2, 0.25) is 0 Å². The second kappa shape index (κ2) is 41.3. The number of hydrogen-bond donors (Lipinski definition) is 1. The van der Waals surface area contributed by atoms with Crippen LogP contribution in [0.25, 0.3) is 11.0 Å². The Kier molecular flexibility index (Phi) is 33.8. The molecule has 1 N–H and O–H groups in total. The van der Waals surface area contributed by atoms with Crippen LogP contribution in [0.5, 0.6) is 0 Å². The standard InChI is InChI=1S/C18H18O4.C18H18O3.C16H14O3.C8H9N3.3C2H6.CH4/c1-2-16(17(19)20)14-10-8-13(9-11-14)12-22-18(21)15-6-4-3-5-7-15;1-2-15(12-19)16-10-8-14(9-11-16)13-21-18(20)17-6-4-3-5-7-17;17-11-10-13-6-8-14(9-7-13)12-19-16(18)15-4-2-1-3-5-15;1-2-11-8-6-4-3-5-7(8)9-10-11;3*1-2;/h3-11,16H,2,12H2,1H3,(H,19,20);3-12,15H,2,13H2,1H3;1-9,11H,10,12H2;3-6H,2H2,1H3;3*1-2H3;1H4/t16-;15-;;;;;;/m10....../s1/i;12T;11T;;;;;. The molecule has 2 atom stereocenters. The summed E-state index contributed by atoms with van der Waals surface area (Å²) in [7, 11) is 0. The van der Waals surface area contributed by atoms with Crippen molar-refractivity contribution in [2.24, 2.45) is 0 Å². The number of para-hydroxylation sites is 1. The predicted octanol–water partition coefficient (Wildman–Crippen LogP) is 15.3. The number of carboxylic acids is 1. The minimum atomic E-state index is -0.828. The van der Waals surface area contributed by atoms with Crippen LogP contribution in [0.1, 0.15) is 162 Å². The van der Waals surface area contributed by atoms with Gasteiger partial charge in [-0.2, -0.15) is 0 Å². The number of rotatable bonds is 18. The van der Waals surface area contributed by atoms with Crippen molar-refractivity contribution in [1.29, 1.82) is 0 Å². The van der Waals surface area contributed by atoms with Crippen LogP contribution in [0, 0.1) is 0 Å². The van der Waals surface area contributed by atoms with Crippen LogP contribution in [-0.2, 0) is 61.4 Å². The number of aldehydes is 2. The Labute approximate surface area is 476 Å². The van der Waals surface area contributed by atoms with Crippen molar-refractivity contribution in [3.63, 3.8) is 0 Å². The van der Waals surface area contributed by atoms with Crippen molar-refractivity contribution in [2.45, 2.75) is 127 Å². The summed E-state index contributed by atoms with van der Waals surface area (Å²) in [5, 5.41) is 17.1. The first kappa shape index (κ1) is 65.4. The van der Waals surface area contributed by atoms with Gasteiger partial charge in [-0.1, -0.05) is 208 Å². The Morgan fingerprint density at radius 2 is 0.875 bits per heavy atom. The van der Waals surface area contributed by atoms with Crippen LogP contribution in [0.15, 0.2) is 188 Å². The van der Waals surface area contributed by atoms with E-state index in [1.807, 2.05) is 127 Å². The highest BCUT2D eigenvalue weighted by molar-refractivity contribution is 5.90. The van der Waals surface area contributed by atoms with Crippen LogP contribution in [-0.4, -0.2) is 56.5 Å². The molecule has 0 amide bonds. The third-order valence-electron chi connectivity index (χ3n) is 11.2. The third kappa shape index (κ3) is 24.2. The minimum Gasteiger partial charge on any atom is -0.481 e. The van der Waals surface area contributed by atoms with E-state index in [-0.39, 0.29) is 57.5 Å². The largest absolute Gasteiger partial charge is 0.481 e. The zero-order valence-corrected chi connectivity index (χ0v) is 47.0. The summed E-state index contributed by atoms with van der Waals surface area (Å²) >= 11 is 0. The SMILES string of the molecule is C.CC.CC.CC.CC[C@@H](C(=O)O)c1ccc(COC(=O)c2ccccc2)cc1.CCn1nnc2ccccc21.[3H]C(=O)Cc1ccc(COC(=O)c2ccccc2)cc1.[3H]C(=O)[C@H](CC)c1ccc(COC(=O)c2ccccc2)cc1. The number of carboxylic acid groups (broad SMARTS) is 1. The second-order valence-electron chi connectivity index (χ2n) is 16.2. The summed E-state index contributed by atoms with van der Waals surface area (Å²) in [5.41, 5.74) is 8.50. The van der Waals surface area contributed by atoms with Crippen molar-refractivity contribution < 1.29 is 50.8 Å². The van der Waals surface area contributed by atoms with Gasteiger partial charge in [0.15, 0.2) is 0 Å². The molecule has 13 heteroatoms. The monoisotopic (exact) mass is 1090 g/mol. The minimum absolute atomic E-state index is 0. The van der Waals surface area contributed by atoms with E-state index in [1.165, 1.54) is 0 Å². The molecule has 1 heterocycles. The lowest BCUT2D eigenvalue weighted by Gasteiger charge is -2.11. The number of carbonyl (C=O) groups excluding carboxylic acids is 5. The smallest absolute Gasteiger partial charge is 0.338 e. The van der Waals surface area contributed by atoms with E-state index in [0.29, 0.717) is 29.5 Å². The quantitative estimate of drug-likeness (QED) is 0.0488. The molecule has 80 heavy (non-hydrogen) atoms. The molecule has 0 unspecified atom stereocenters. The van der Waals surface area contributed by atoms with E-state index in [1.54, 1.807) is 121 Å². The van der Waals surface area contributed by atoms with Gasteiger partial charge in [0, 0.05) is 18.9 Å². The lowest BCUT2D eigenvalue weighted by Crippen LogP contribution is -2.10. The number of hydrogen-bond acceptors (Lipinski definition) is 11. The summed E-state index contributed by atoms with van der Waals surface area (Å²) in [4.78, 5) is 68.4. The van der Waals surface area contributed by atoms with Gasteiger partial charge in [-0.25, -0.2) is 19.1 Å². The number of aliphatic carboxylic acids is 1. The Bertz CT molecular complexity index is 2950. The maximum Gasteiger partial charge on any atom is 0.338 e. The molecule has 0 radical (unpaired) electrons. The molecule has 7 aromatic carbocycles. The van der Waals surface area contributed by atoms with Gasteiger partial charge >= 0.3 is 23.9 Å². The van der Waals surface area contributed by atoms with Crippen molar-refractivity contribution in [2.75, 3.05) is 0 Å². The first-order valence-electron chi connectivity index (χ1n) is 27.7. The van der Waals surface area contributed by atoms with Gasteiger partial charge in [-0.15, -0.1) is 5.10 Å². The molecule has 0 aliphatic rings. The third-order valence-corrected chi connectivity index (χ3v) is 11.2. The topological polar surface area (TPSA) is 181 Å². The normalized spacial score (nSPS) is 10.7. The van der Waals surface area contributed by atoms with Crippen molar-refractivity contribution >= 4 is 47.4 Å². The molecule has 0 fully saturated rings. The summed E-state index contributed by atoms with van der Waals surface area (Å²) in [6, 6.07) is 55.9. The first-order chi connectivity index (χ1) is 39.3. The summed E-state index contributed by atoms with van der Waals surface area (Å²) in [6.45, 7) is 19.2. The van der Waals surface area contributed by atoms with Gasteiger partial charge in [0.1, 0.15) is 40.6 Å². The molecular weight excluding hydrogens is 1010 g/mol. The van der Waals surface area contributed by atoms with Crippen LogP contribution in [0.3, 0.4) is 0 Å². The van der Waals surface area contributed by atoms with Crippen LogP contribution in [0.4, 0.5) is 0 Å². The average Bonchev–Trinajstić information content (AvgIpc) is 3.98. The number of carbonyl (C=O) groups is 6. The highest BCUT2D eigenvalue weighted by atomic mass is 16.5. The predicted molar refractivity (Wildman–Crippen MR) is 320 cm³/mol. The zero-order chi connectivity index (χ0) is 60.0. The fourth-order valence-corrected chi connectivity index (χ4v) is 7.04. The molecular formula is C67H81N3O10. The Hall–Kier alpha value is -8.84.